The van der Waals surface area contributed by atoms with Crippen LogP contribution in [0, 0.1) is 5.82 Å². The number of hydrogen-bond acceptors (Lipinski definition) is 3. The van der Waals surface area contributed by atoms with Crippen LogP contribution in [0.25, 0.3) is 0 Å². The first kappa shape index (κ1) is 10.4. The van der Waals surface area contributed by atoms with Crippen molar-refractivity contribution in [3.8, 4) is 5.75 Å². The lowest BCUT2D eigenvalue weighted by atomic mass is 10.1. The van der Waals surface area contributed by atoms with Crippen molar-refractivity contribution in [1.82, 2.24) is 10.2 Å². The fourth-order valence-electron chi connectivity index (χ4n) is 1.73. The predicted octanol–water partition coefficient (Wildman–Crippen LogP) is 0.935. The number of phenolic OH excluding ortho intramolecular Hbond substituents is 1. The zero-order chi connectivity index (χ0) is 10.8. The summed E-state index contributed by atoms with van der Waals surface area (Å²) < 4.78 is 13.0. The van der Waals surface area contributed by atoms with Crippen LogP contribution in [0.2, 0.25) is 0 Å². The van der Waals surface area contributed by atoms with Crippen LogP contribution in [-0.2, 0) is 6.54 Å². The molecule has 0 aromatic heterocycles. The second kappa shape index (κ2) is 4.16. The van der Waals surface area contributed by atoms with Crippen LogP contribution in [0.4, 0.5) is 4.39 Å². The van der Waals surface area contributed by atoms with Crippen LogP contribution < -0.4 is 5.32 Å². The van der Waals surface area contributed by atoms with Crippen LogP contribution in [0.15, 0.2) is 18.2 Å². The topological polar surface area (TPSA) is 35.5 Å². The first-order valence-corrected chi connectivity index (χ1v) is 5.04. The van der Waals surface area contributed by atoms with Gasteiger partial charge in [-0.25, -0.2) is 4.39 Å². The number of nitrogens with zero attached hydrogens (tertiary/aromatic N) is 1. The third kappa shape index (κ3) is 2.46. The third-order valence-electron chi connectivity index (χ3n) is 2.76. The molecule has 4 heteroatoms. The Kier molecular flexibility index (Phi) is 2.88. The number of benzene rings is 1. The molecule has 1 heterocycles. The minimum absolute atomic E-state index is 0.00913. The van der Waals surface area contributed by atoms with Gasteiger partial charge in [0.05, 0.1) is 0 Å². The molecule has 0 saturated carbocycles. The minimum atomic E-state index is -0.384. The molecule has 3 nitrogen and oxygen atoms in total. The molecule has 0 spiro atoms. The second-order valence-electron chi connectivity index (χ2n) is 4.04. The highest BCUT2D eigenvalue weighted by Gasteiger charge is 2.21. The van der Waals surface area contributed by atoms with E-state index < -0.39 is 0 Å². The van der Waals surface area contributed by atoms with Crippen LogP contribution in [-0.4, -0.2) is 36.2 Å². The van der Waals surface area contributed by atoms with E-state index in [9.17, 15) is 9.50 Å². The maximum absolute atomic E-state index is 13.0. The van der Waals surface area contributed by atoms with Crippen LogP contribution in [0.5, 0.6) is 5.75 Å². The van der Waals surface area contributed by atoms with E-state index in [1.54, 1.807) is 6.07 Å². The fraction of sp³-hybridized carbons (Fsp3) is 0.455. The largest absolute Gasteiger partial charge is 0.508 e. The normalized spacial score (nSPS) is 16.7. The monoisotopic (exact) mass is 210 g/mol. The Morgan fingerprint density at radius 2 is 2.20 bits per heavy atom. The summed E-state index contributed by atoms with van der Waals surface area (Å²) in [4.78, 5) is 2.16. The Bertz CT molecular complexity index is 332. The minimum Gasteiger partial charge on any atom is -0.508 e. The molecule has 0 aliphatic carbocycles. The quantitative estimate of drug-likeness (QED) is 0.779. The zero-order valence-electron chi connectivity index (χ0n) is 8.70. The standard InChI is InChI=1S/C11H15FN2O/c1-14(10-5-13-6-10)7-8-2-9(12)4-11(15)3-8/h2-4,10,13,15H,5-7H2,1H3. The van der Waals surface area contributed by atoms with Crippen LogP contribution in [0.1, 0.15) is 5.56 Å². The average Bonchev–Trinajstić information content (AvgIpc) is 1.96. The molecule has 0 amide bonds. The van der Waals surface area contributed by atoms with Gasteiger partial charge in [0.1, 0.15) is 11.6 Å². The number of halogens is 1. The highest BCUT2D eigenvalue weighted by atomic mass is 19.1. The highest BCUT2D eigenvalue weighted by Crippen LogP contribution is 2.17. The van der Waals surface area contributed by atoms with E-state index in [1.807, 2.05) is 7.05 Å². The van der Waals surface area contributed by atoms with Gasteiger partial charge in [0.25, 0.3) is 0 Å². The van der Waals surface area contributed by atoms with Gasteiger partial charge in [-0.2, -0.15) is 0 Å². The zero-order valence-corrected chi connectivity index (χ0v) is 8.70. The number of nitrogens with one attached hydrogen (secondary N) is 1. The Morgan fingerprint density at radius 1 is 1.47 bits per heavy atom. The Balaban J connectivity index is 2.02. The number of likely N-dealkylation sites (N-methyl/N-ethyl adjacent to an activating group) is 1. The van der Waals surface area contributed by atoms with E-state index in [0.717, 1.165) is 24.7 Å². The van der Waals surface area contributed by atoms with Gasteiger partial charge in [-0.3, -0.25) is 4.90 Å². The summed E-state index contributed by atoms with van der Waals surface area (Å²) in [6, 6.07) is 4.71. The average molecular weight is 210 g/mol. The van der Waals surface area contributed by atoms with Gasteiger partial charge < -0.3 is 10.4 Å². The molecular formula is C11H15FN2O. The smallest absolute Gasteiger partial charge is 0.127 e. The Morgan fingerprint density at radius 3 is 2.73 bits per heavy atom. The first-order valence-electron chi connectivity index (χ1n) is 5.04. The molecule has 0 radical (unpaired) electrons. The van der Waals surface area contributed by atoms with Crippen molar-refractivity contribution in [1.29, 1.82) is 0 Å². The third-order valence-corrected chi connectivity index (χ3v) is 2.76. The number of rotatable bonds is 3. The van der Waals surface area contributed by atoms with Crippen molar-refractivity contribution >= 4 is 0 Å². The molecule has 1 aromatic rings. The van der Waals surface area contributed by atoms with Crippen molar-refractivity contribution in [3.63, 3.8) is 0 Å². The van der Waals surface area contributed by atoms with Gasteiger partial charge in [0.2, 0.25) is 0 Å². The van der Waals surface area contributed by atoms with E-state index in [2.05, 4.69) is 10.2 Å². The SMILES string of the molecule is CN(Cc1cc(O)cc(F)c1)C1CNC1. The second-order valence-corrected chi connectivity index (χ2v) is 4.04. The molecule has 1 saturated heterocycles. The molecule has 2 rings (SSSR count). The summed E-state index contributed by atoms with van der Waals surface area (Å²) in [7, 11) is 2.01. The molecule has 0 bridgehead atoms. The molecule has 82 valence electrons. The number of hydrogen-bond donors (Lipinski definition) is 2. The van der Waals surface area contributed by atoms with Crippen molar-refractivity contribution < 1.29 is 9.50 Å². The van der Waals surface area contributed by atoms with Crippen molar-refractivity contribution in [2.75, 3.05) is 20.1 Å². The lowest BCUT2D eigenvalue weighted by molar-refractivity contribution is 0.173. The van der Waals surface area contributed by atoms with Gasteiger partial charge >= 0.3 is 0 Å². The number of phenols is 1. The summed E-state index contributed by atoms with van der Waals surface area (Å²) in [5, 5.41) is 12.4. The van der Waals surface area contributed by atoms with Gasteiger partial charge in [-0.15, -0.1) is 0 Å². The van der Waals surface area contributed by atoms with Crippen LogP contribution >= 0.6 is 0 Å². The summed E-state index contributed by atoms with van der Waals surface area (Å²) in [5.74, 6) is -0.393. The fourth-order valence-corrected chi connectivity index (χ4v) is 1.73. The van der Waals surface area contributed by atoms with Gasteiger partial charge in [-0.1, -0.05) is 0 Å². The Hall–Kier alpha value is -1.13. The molecule has 1 aliphatic rings. The van der Waals surface area contributed by atoms with E-state index in [-0.39, 0.29) is 11.6 Å². The van der Waals surface area contributed by atoms with Crippen molar-refractivity contribution in [2.24, 2.45) is 0 Å². The van der Waals surface area contributed by atoms with E-state index in [4.69, 9.17) is 0 Å². The van der Waals surface area contributed by atoms with Crippen molar-refractivity contribution in [2.45, 2.75) is 12.6 Å². The van der Waals surface area contributed by atoms with E-state index in [1.165, 1.54) is 6.07 Å². The molecule has 1 fully saturated rings. The molecule has 0 atom stereocenters. The Labute approximate surface area is 88.5 Å². The van der Waals surface area contributed by atoms with E-state index >= 15 is 0 Å². The summed E-state index contributed by atoms with van der Waals surface area (Å²) in [6.07, 6.45) is 0. The van der Waals surface area contributed by atoms with Gasteiger partial charge in [0.15, 0.2) is 0 Å². The molecule has 2 N–H and O–H groups in total. The highest BCUT2D eigenvalue weighted by molar-refractivity contribution is 5.28. The first-order chi connectivity index (χ1) is 7.15. The summed E-state index contributed by atoms with van der Waals surface area (Å²) >= 11 is 0. The molecule has 15 heavy (non-hydrogen) atoms. The van der Waals surface area contributed by atoms with Crippen molar-refractivity contribution in [3.05, 3.63) is 29.6 Å². The lowest BCUT2D eigenvalue weighted by Crippen LogP contribution is -2.55. The molecule has 1 aromatic carbocycles. The molecule has 1 aliphatic heterocycles. The summed E-state index contributed by atoms with van der Waals surface area (Å²) in [5.41, 5.74) is 0.807. The lowest BCUT2D eigenvalue weighted by Gasteiger charge is -2.35. The maximum atomic E-state index is 13.0. The van der Waals surface area contributed by atoms with Gasteiger partial charge in [-0.05, 0) is 24.7 Å². The molecular weight excluding hydrogens is 195 g/mol. The predicted molar refractivity (Wildman–Crippen MR) is 56.2 cm³/mol. The van der Waals surface area contributed by atoms with E-state index in [0.29, 0.717) is 12.6 Å². The molecule has 0 unspecified atom stereocenters. The van der Waals surface area contributed by atoms with Gasteiger partial charge in [0, 0.05) is 31.7 Å². The maximum Gasteiger partial charge on any atom is 0.127 e. The number of aromatic hydroxyl groups is 1. The van der Waals surface area contributed by atoms with Crippen LogP contribution in [0.3, 0.4) is 0 Å². The summed E-state index contributed by atoms with van der Waals surface area (Å²) in [6.45, 7) is 2.63.